The molecule has 0 aromatic carbocycles. The van der Waals surface area contributed by atoms with Gasteiger partial charge in [-0.15, -0.1) is 0 Å². The van der Waals surface area contributed by atoms with Crippen LogP contribution in [0.4, 0.5) is 0 Å². The number of pyridine rings is 1. The van der Waals surface area contributed by atoms with Crippen LogP contribution in [0, 0.1) is 5.92 Å². The van der Waals surface area contributed by atoms with Gasteiger partial charge in [0.15, 0.2) is 0 Å². The molecule has 0 spiro atoms. The molecule has 1 aromatic rings. The van der Waals surface area contributed by atoms with E-state index >= 15 is 0 Å². The Morgan fingerprint density at radius 3 is 2.85 bits per heavy atom. The lowest BCUT2D eigenvalue weighted by atomic mass is 9.94. The van der Waals surface area contributed by atoms with Crippen LogP contribution in [0.1, 0.15) is 24.9 Å². The highest BCUT2D eigenvalue weighted by Gasteiger charge is 2.13. The summed E-state index contributed by atoms with van der Waals surface area (Å²) >= 11 is 0. The van der Waals surface area contributed by atoms with Crippen LogP contribution in [0.25, 0.3) is 0 Å². The van der Waals surface area contributed by atoms with E-state index in [9.17, 15) is 0 Å². The highest BCUT2D eigenvalue weighted by atomic mass is 14.7. The molecule has 0 aliphatic heterocycles. The summed E-state index contributed by atoms with van der Waals surface area (Å²) in [5, 5.41) is 0. The second kappa shape index (κ2) is 4.94. The van der Waals surface area contributed by atoms with Crippen LogP contribution >= 0.6 is 0 Å². The molecule has 0 aliphatic rings. The van der Waals surface area contributed by atoms with Crippen LogP contribution in [-0.4, -0.2) is 11.5 Å². The Balaban J connectivity index is 2.62. The van der Waals surface area contributed by atoms with Crippen molar-refractivity contribution in [1.82, 2.24) is 4.98 Å². The molecule has 0 saturated carbocycles. The first-order valence-electron chi connectivity index (χ1n) is 4.61. The first kappa shape index (κ1) is 10.2. The third kappa shape index (κ3) is 2.79. The smallest absolute Gasteiger partial charge is 0.0336 e. The lowest BCUT2D eigenvalue weighted by molar-refractivity contribution is 0.443. The molecule has 1 rings (SSSR count). The summed E-state index contributed by atoms with van der Waals surface area (Å²) in [6.07, 6.45) is 4.53. The van der Waals surface area contributed by atoms with Crippen LogP contribution in [0.2, 0.25) is 0 Å². The fraction of sp³-hybridized carbons (Fsp3) is 0.500. The van der Waals surface area contributed by atoms with Crippen molar-refractivity contribution in [2.45, 2.75) is 19.4 Å². The summed E-state index contributed by atoms with van der Waals surface area (Å²) in [5.74, 6) is 0.411. The Labute approximate surface area is 79.2 Å². The minimum absolute atomic E-state index is 0.0530. The van der Waals surface area contributed by atoms with Gasteiger partial charge in [0.25, 0.3) is 0 Å². The van der Waals surface area contributed by atoms with E-state index in [2.05, 4.69) is 11.9 Å². The third-order valence-corrected chi connectivity index (χ3v) is 2.30. The van der Waals surface area contributed by atoms with Crippen molar-refractivity contribution >= 4 is 0 Å². The first-order chi connectivity index (χ1) is 6.25. The normalized spacial score (nSPS) is 15.3. The molecule has 0 saturated heterocycles. The van der Waals surface area contributed by atoms with Crippen molar-refractivity contribution in [1.29, 1.82) is 0 Å². The van der Waals surface area contributed by atoms with Gasteiger partial charge >= 0.3 is 0 Å². The molecule has 4 N–H and O–H groups in total. The first-order valence-corrected chi connectivity index (χ1v) is 4.61. The fourth-order valence-electron chi connectivity index (χ4n) is 1.34. The van der Waals surface area contributed by atoms with E-state index in [1.54, 1.807) is 6.20 Å². The largest absolute Gasteiger partial charge is 0.330 e. The summed E-state index contributed by atoms with van der Waals surface area (Å²) < 4.78 is 0. The zero-order valence-electron chi connectivity index (χ0n) is 7.98. The molecule has 0 aliphatic carbocycles. The Morgan fingerprint density at radius 1 is 1.54 bits per heavy atom. The summed E-state index contributed by atoms with van der Waals surface area (Å²) in [5.41, 5.74) is 12.6. The molecule has 13 heavy (non-hydrogen) atoms. The Kier molecular flexibility index (Phi) is 3.86. The zero-order valence-corrected chi connectivity index (χ0v) is 7.98. The molecular weight excluding hydrogens is 162 g/mol. The van der Waals surface area contributed by atoms with Gasteiger partial charge in [0.2, 0.25) is 0 Å². The maximum atomic E-state index is 6.03. The summed E-state index contributed by atoms with van der Waals surface area (Å²) in [6, 6.07) is 3.96. The number of nitrogens with two attached hydrogens (primary N) is 2. The van der Waals surface area contributed by atoms with Gasteiger partial charge in [-0.1, -0.05) is 13.0 Å². The summed E-state index contributed by atoms with van der Waals surface area (Å²) in [6.45, 7) is 2.81. The Bertz CT molecular complexity index is 235. The van der Waals surface area contributed by atoms with E-state index in [0.717, 1.165) is 12.0 Å². The summed E-state index contributed by atoms with van der Waals surface area (Å²) in [4.78, 5) is 4.04. The van der Waals surface area contributed by atoms with Gasteiger partial charge in [-0.3, -0.25) is 4.98 Å². The maximum Gasteiger partial charge on any atom is 0.0336 e. The number of hydrogen-bond acceptors (Lipinski definition) is 3. The lowest BCUT2D eigenvalue weighted by Crippen LogP contribution is -2.21. The molecule has 0 amide bonds. The minimum atomic E-state index is 0.0530. The van der Waals surface area contributed by atoms with Crippen molar-refractivity contribution in [2.75, 3.05) is 6.54 Å². The van der Waals surface area contributed by atoms with Gasteiger partial charge in [0.05, 0.1) is 0 Å². The number of aromatic nitrogens is 1. The predicted molar refractivity (Wildman–Crippen MR) is 54.0 cm³/mol. The van der Waals surface area contributed by atoms with Gasteiger partial charge < -0.3 is 11.5 Å². The lowest BCUT2D eigenvalue weighted by Gasteiger charge is -2.18. The molecule has 3 heteroatoms. The van der Waals surface area contributed by atoms with E-state index in [4.69, 9.17) is 11.5 Å². The predicted octanol–water partition coefficient (Wildman–Crippen LogP) is 1.07. The molecule has 2 atom stereocenters. The van der Waals surface area contributed by atoms with Gasteiger partial charge in [-0.05, 0) is 30.5 Å². The fourth-order valence-corrected chi connectivity index (χ4v) is 1.34. The quantitative estimate of drug-likeness (QED) is 0.726. The topological polar surface area (TPSA) is 64.9 Å². The highest BCUT2D eigenvalue weighted by molar-refractivity contribution is 5.13. The zero-order chi connectivity index (χ0) is 9.68. The average Bonchev–Trinajstić information content (AvgIpc) is 2.18. The van der Waals surface area contributed by atoms with E-state index in [1.807, 2.05) is 18.3 Å². The van der Waals surface area contributed by atoms with Gasteiger partial charge in [-0.2, -0.15) is 0 Å². The van der Waals surface area contributed by atoms with Gasteiger partial charge in [0.1, 0.15) is 0 Å². The van der Waals surface area contributed by atoms with Gasteiger partial charge in [0, 0.05) is 18.4 Å². The molecule has 1 heterocycles. The molecule has 1 aromatic heterocycles. The van der Waals surface area contributed by atoms with Crippen LogP contribution in [0.15, 0.2) is 24.5 Å². The second-order valence-electron chi connectivity index (χ2n) is 3.37. The van der Waals surface area contributed by atoms with Crippen molar-refractivity contribution in [2.24, 2.45) is 17.4 Å². The van der Waals surface area contributed by atoms with Crippen LogP contribution in [0.5, 0.6) is 0 Å². The Hall–Kier alpha value is -0.930. The number of hydrogen-bond donors (Lipinski definition) is 2. The SMILES string of the molecule is CC(CCN)C(N)c1cccnc1. The van der Waals surface area contributed by atoms with Crippen molar-refractivity contribution in [3.05, 3.63) is 30.1 Å². The summed E-state index contributed by atoms with van der Waals surface area (Å²) in [7, 11) is 0. The van der Waals surface area contributed by atoms with Gasteiger partial charge in [-0.25, -0.2) is 0 Å². The Morgan fingerprint density at radius 2 is 2.31 bits per heavy atom. The number of nitrogens with zero attached hydrogens (tertiary/aromatic N) is 1. The van der Waals surface area contributed by atoms with Crippen molar-refractivity contribution in [3.63, 3.8) is 0 Å². The maximum absolute atomic E-state index is 6.03. The molecular formula is C10H17N3. The van der Waals surface area contributed by atoms with Crippen molar-refractivity contribution in [3.8, 4) is 0 Å². The van der Waals surface area contributed by atoms with Crippen LogP contribution < -0.4 is 11.5 Å². The van der Waals surface area contributed by atoms with Crippen LogP contribution in [0.3, 0.4) is 0 Å². The highest BCUT2D eigenvalue weighted by Crippen LogP contribution is 2.20. The standard InChI is InChI=1S/C10H17N3/c1-8(4-5-11)10(12)9-3-2-6-13-7-9/h2-3,6-8,10H,4-5,11-12H2,1H3. The molecule has 0 fully saturated rings. The minimum Gasteiger partial charge on any atom is -0.330 e. The molecule has 72 valence electrons. The second-order valence-corrected chi connectivity index (χ2v) is 3.37. The molecule has 3 nitrogen and oxygen atoms in total. The molecule has 0 radical (unpaired) electrons. The average molecular weight is 179 g/mol. The molecule has 0 bridgehead atoms. The van der Waals surface area contributed by atoms with E-state index < -0.39 is 0 Å². The van der Waals surface area contributed by atoms with E-state index in [1.165, 1.54) is 0 Å². The van der Waals surface area contributed by atoms with Crippen LogP contribution in [-0.2, 0) is 0 Å². The molecule has 2 unspecified atom stereocenters. The number of rotatable bonds is 4. The van der Waals surface area contributed by atoms with E-state index in [-0.39, 0.29) is 6.04 Å². The van der Waals surface area contributed by atoms with Crippen molar-refractivity contribution < 1.29 is 0 Å². The third-order valence-electron chi connectivity index (χ3n) is 2.30. The monoisotopic (exact) mass is 179 g/mol. The van der Waals surface area contributed by atoms with E-state index in [0.29, 0.717) is 12.5 Å².